The summed E-state index contributed by atoms with van der Waals surface area (Å²) in [6, 6.07) is 4.20. The molecule has 4 heteroatoms. The van der Waals surface area contributed by atoms with Gasteiger partial charge in [0.25, 0.3) is 0 Å². The second-order valence-corrected chi connectivity index (χ2v) is 4.71. The highest BCUT2D eigenvalue weighted by Crippen LogP contribution is 2.24. The van der Waals surface area contributed by atoms with Crippen LogP contribution in [0.1, 0.15) is 13.8 Å². The molecule has 0 saturated carbocycles. The average molecular weight is 232 g/mol. The van der Waals surface area contributed by atoms with Crippen molar-refractivity contribution in [3.05, 3.63) is 29.0 Å². The normalized spacial score (nSPS) is 11.5. The minimum atomic E-state index is -0.355. The fourth-order valence-electron chi connectivity index (χ4n) is 1.02. The molecule has 0 amide bonds. The van der Waals surface area contributed by atoms with E-state index in [1.807, 2.05) is 13.8 Å². The molecule has 2 N–H and O–H groups in total. The van der Waals surface area contributed by atoms with Crippen molar-refractivity contribution < 1.29 is 9.50 Å². The number of hydrogen-bond acceptors (Lipinski definition) is 2. The maximum absolute atomic E-state index is 12.7. The van der Waals surface area contributed by atoms with Crippen molar-refractivity contribution >= 4 is 17.3 Å². The number of halogens is 2. The van der Waals surface area contributed by atoms with Crippen LogP contribution in [0.5, 0.6) is 0 Å². The lowest BCUT2D eigenvalue weighted by molar-refractivity contribution is 0.171. The number of benzene rings is 1. The SMILES string of the molecule is CC(C)(CO)CNc1ccc(F)cc1Cl. The van der Waals surface area contributed by atoms with E-state index >= 15 is 0 Å². The molecule has 0 atom stereocenters. The van der Waals surface area contributed by atoms with Gasteiger partial charge >= 0.3 is 0 Å². The molecular weight excluding hydrogens is 217 g/mol. The number of nitrogens with one attached hydrogen (secondary N) is 1. The summed E-state index contributed by atoms with van der Waals surface area (Å²) in [6.07, 6.45) is 0. The standard InChI is InChI=1S/C11H15ClFNO/c1-11(2,7-15)6-14-10-4-3-8(13)5-9(10)12/h3-5,14-15H,6-7H2,1-2H3. The molecule has 1 aromatic rings. The van der Waals surface area contributed by atoms with Gasteiger partial charge < -0.3 is 10.4 Å². The molecule has 1 aromatic carbocycles. The maximum Gasteiger partial charge on any atom is 0.124 e. The van der Waals surface area contributed by atoms with Crippen LogP contribution >= 0.6 is 11.6 Å². The van der Waals surface area contributed by atoms with Crippen molar-refractivity contribution in [2.24, 2.45) is 5.41 Å². The van der Waals surface area contributed by atoms with Crippen LogP contribution in [0.15, 0.2) is 18.2 Å². The van der Waals surface area contributed by atoms with Gasteiger partial charge in [-0.2, -0.15) is 0 Å². The lowest BCUT2D eigenvalue weighted by Gasteiger charge is -2.22. The van der Waals surface area contributed by atoms with Gasteiger partial charge in [-0.25, -0.2) is 4.39 Å². The van der Waals surface area contributed by atoms with Crippen LogP contribution in [0, 0.1) is 11.2 Å². The van der Waals surface area contributed by atoms with E-state index in [-0.39, 0.29) is 17.8 Å². The van der Waals surface area contributed by atoms with Crippen LogP contribution in [-0.4, -0.2) is 18.3 Å². The molecule has 0 heterocycles. The molecule has 0 aliphatic heterocycles. The number of aliphatic hydroxyl groups is 1. The lowest BCUT2D eigenvalue weighted by atomic mass is 9.95. The first kappa shape index (κ1) is 12.3. The van der Waals surface area contributed by atoms with Gasteiger partial charge in [-0.3, -0.25) is 0 Å². The summed E-state index contributed by atoms with van der Waals surface area (Å²) in [4.78, 5) is 0. The van der Waals surface area contributed by atoms with E-state index in [1.54, 1.807) is 6.07 Å². The fourth-order valence-corrected chi connectivity index (χ4v) is 1.26. The van der Waals surface area contributed by atoms with Crippen molar-refractivity contribution in [3.63, 3.8) is 0 Å². The second kappa shape index (κ2) is 4.81. The summed E-state index contributed by atoms with van der Waals surface area (Å²) in [6.45, 7) is 4.52. The highest BCUT2D eigenvalue weighted by Gasteiger charge is 2.16. The molecule has 0 radical (unpaired) electrons. The van der Waals surface area contributed by atoms with E-state index < -0.39 is 0 Å². The summed E-state index contributed by atoms with van der Waals surface area (Å²) in [5.74, 6) is -0.355. The van der Waals surface area contributed by atoms with Crippen LogP contribution in [0.4, 0.5) is 10.1 Å². The molecule has 0 unspecified atom stereocenters. The second-order valence-electron chi connectivity index (χ2n) is 4.30. The average Bonchev–Trinajstić information content (AvgIpc) is 2.16. The summed E-state index contributed by atoms with van der Waals surface area (Å²) < 4.78 is 12.7. The van der Waals surface area contributed by atoms with Crippen LogP contribution < -0.4 is 5.32 Å². The van der Waals surface area contributed by atoms with Crippen molar-refractivity contribution in [1.29, 1.82) is 0 Å². The van der Waals surface area contributed by atoms with E-state index in [0.717, 1.165) is 0 Å². The number of aliphatic hydroxyl groups excluding tert-OH is 1. The monoisotopic (exact) mass is 231 g/mol. The summed E-state index contributed by atoms with van der Waals surface area (Å²) in [5.41, 5.74) is 0.456. The molecule has 0 spiro atoms. The molecule has 0 aliphatic carbocycles. The van der Waals surface area contributed by atoms with Gasteiger partial charge in [-0.1, -0.05) is 25.4 Å². The van der Waals surface area contributed by atoms with E-state index in [4.69, 9.17) is 16.7 Å². The Kier molecular flexibility index (Phi) is 3.94. The number of anilines is 1. The van der Waals surface area contributed by atoms with Gasteiger partial charge in [0, 0.05) is 18.6 Å². The Labute approximate surface area is 94.1 Å². The van der Waals surface area contributed by atoms with Gasteiger partial charge in [0.15, 0.2) is 0 Å². The van der Waals surface area contributed by atoms with Crippen molar-refractivity contribution in [1.82, 2.24) is 0 Å². The molecule has 0 saturated heterocycles. The molecule has 2 nitrogen and oxygen atoms in total. The maximum atomic E-state index is 12.7. The lowest BCUT2D eigenvalue weighted by Crippen LogP contribution is -2.26. The van der Waals surface area contributed by atoms with E-state index in [1.165, 1.54) is 12.1 Å². The Hall–Kier alpha value is -0.800. The molecule has 0 fully saturated rings. The first-order valence-corrected chi connectivity index (χ1v) is 5.12. The molecule has 15 heavy (non-hydrogen) atoms. The quantitative estimate of drug-likeness (QED) is 0.835. The number of rotatable bonds is 4. The summed E-state index contributed by atoms with van der Waals surface area (Å²) in [7, 11) is 0. The molecular formula is C11H15ClFNO. The molecule has 1 rings (SSSR count). The third-order valence-corrected chi connectivity index (χ3v) is 2.43. The van der Waals surface area contributed by atoms with Gasteiger partial charge in [0.1, 0.15) is 5.82 Å². The topological polar surface area (TPSA) is 32.3 Å². The molecule has 84 valence electrons. The Balaban J connectivity index is 2.66. The predicted molar refractivity (Wildman–Crippen MR) is 60.8 cm³/mol. The zero-order valence-electron chi connectivity index (χ0n) is 8.85. The van der Waals surface area contributed by atoms with Crippen molar-refractivity contribution in [2.45, 2.75) is 13.8 Å². The Morgan fingerprint density at radius 3 is 2.67 bits per heavy atom. The smallest absolute Gasteiger partial charge is 0.124 e. The van der Waals surface area contributed by atoms with Crippen LogP contribution in [0.25, 0.3) is 0 Å². The predicted octanol–water partition coefficient (Wildman–Crippen LogP) is 2.91. The molecule has 0 bridgehead atoms. The third-order valence-electron chi connectivity index (χ3n) is 2.12. The minimum Gasteiger partial charge on any atom is -0.396 e. The van der Waals surface area contributed by atoms with E-state index in [9.17, 15) is 4.39 Å². The highest BCUT2D eigenvalue weighted by molar-refractivity contribution is 6.33. The fraction of sp³-hybridized carbons (Fsp3) is 0.455. The van der Waals surface area contributed by atoms with E-state index in [2.05, 4.69) is 5.32 Å². The first-order valence-electron chi connectivity index (χ1n) is 4.74. The molecule has 0 aromatic heterocycles. The largest absolute Gasteiger partial charge is 0.396 e. The zero-order chi connectivity index (χ0) is 11.5. The Morgan fingerprint density at radius 1 is 1.47 bits per heavy atom. The Morgan fingerprint density at radius 2 is 2.13 bits per heavy atom. The first-order chi connectivity index (χ1) is 6.94. The van der Waals surface area contributed by atoms with Gasteiger partial charge in [0.2, 0.25) is 0 Å². The van der Waals surface area contributed by atoms with Gasteiger partial charge in [-0.15, -0.1) is 0 Å². The third kappa shape index (κ3) is 3.68. The zero-order valence-corrected chi connectivity index (χ0v) is 9.61. The van der Waals surface area contributed by atoms with Crippen molar-refractivity contribution in [3.8, 4) is 0 Å². The molecule has 0 aliphatic rings. The minimum absolute atomic E-state index is 0.0822. The van der Waals surface area contributed by atoms with Gasteiger partial charge in [-0.05, 0) is 18.2 Å². The van der Waals surface area contributed by atoms with Crippen LogP contribution in [0.3, 0.4) is 0 Å². The highest BCUT2D eigenvalue weighted by atomic mass is 35.5. The van der Waals surface area contributed by atoms with Crippen LogP contribution in [0.2, 0.25) is 5.02 Å². The van der Waals surface area contributed by atoms with Gasteiger partial charge in [0.05, 0.1) is 10.7 Å². The summed E-state index contributed by atoms with van der Waals surface area (Å²) >= 11 is 5.84. The number of hydrogen-bond donors (Lipinski definition) is 2. The summed E-state index contributed by atoms with van der Waals surface area (Å²) in [5, 5.41) is 12.5. The van der Waals surface area contributed by atoms with Crippen LogP contribution in [-0.2, 0) is 0 Å². The van der Waals surface area contributed by atoms with Crippen molar-refractivity contribution in [2.75, 3.05) is 18.5 Å². The Bertz CT molecular complexity index is 341. The van der Waals surface area contributed by atoms with E-state index in [0.29, 0.717) is 17.3 Å².